The van der Waals surface area contributed by atoms with Gasteiger partial charge >= 0.3 is 5.97 Å². The Morgan fingerprint density at radius 1 is 1.40 bits per heavy atom. The zero-order valence-electron chi connectivity index (χ0n) is 7.78. The molecule has 0 aliphatic carbocycles. The zero-order chi connectivity index (χ0) is 10.2. The maximum Gasteiger partial charge on any atom is 0.335 e. The minimum Gasteiger partial charge on any atom is -0.478 e. The minimum atomic E-state index is -0.919. The summed E-state index contributed by atoms with van der Waals surface area (Å²) in [7, 11) is 0. The van der Waals surface area contributed by atoms with Gasteiger partial charge in [-0.15, -0.1) is 0 Å². The number of hydrogen-bond acceptors (Lipinski definition) is 4. The Labute approximate surface area is 98.0 Å². The molecule has 0 atom stereocenters. The molecule has 2 rings (SSSR count). The average Bonchev–Trinajstić information content (AvgIpc) is 2.77. The average molecular weight is 257 g/mol. The Kier molecular flexibility index (Phi) is 7.27. The number of rotatable bonds is 1. The van der Waals surface area contributed by atoms with Gasteiger partial charge in [-0.3, -0.25) is 4.98 Å². The van der Waals surface area contributed by atoms with E-state index in [9.17, 15) is 4.79 Å². The molecule has 0 bridgehead atoms. The number of nitrogens with one attached hydrogen (secondary N) is 2. The first-order chi connectivity index (χ1) is 6.80. The first-order valence-corrected chi connectivity index (χ1v) is 4.07. The summed E-state index contributed by atoms with van der Waals surface area (Å²) in [6.45, 7) is 0.958. The number of pyridine rings is 1. The summed E-state index contributed by atoms with van der Waals surface area (Å²) in [5.74, 6) is -0.919. The molecule has 1 aromatic heterocycles. The van der Waals surface area contributed by atoms with E-state index in [-0.39, 0.29) is 22.6 Å². The number of nitrogens with zero attached hydrogens (tertiary/aromatic N) is 1. The molecule has 0 amide bonds. The van der Waals surface area contributed by atoms with Gasteiger partial charge in [-0.1, -0.05) is 6.08 Å². The van der Waals surface area contributed by atoms with Gasteiger partial charge < -0.3 is 10.5 Å². The van der Waals surface area contributed by atoms with Crippen LogP contribution in [0.3, 0.4) is 0 Å². The number of carbonyl (C=O) groups is 1. The molecule has 1 aliphatic rings. The van der Waals surface area contributed by atoms with Crippen molar-refractivity contribution >= 4 is 5.97 Å². The Morgan fingerprint density at radius 2 is 2.07 bits per heavy atom. The predicted octanol–water partition coefficient (Wildman–Crippen LogP) is 0.385. The normalized spacial score (nSPS) is 11.7. The number of aromatic nitrogens is 1. The maximum absolute atomic E-state index is 10.2. The van der Waals surface area contributed by atoms with Gasteiger partial charge in [-0.05, 0) is 12.1 Å². The largest absolute Gasteiger partial charge is 0.478 e. The van der Waals surface area contributed by atoms with Gasteiger partial charge in [0.25, 0.3) is 0 Å². The van der Waals surface area contributed by atoms with Gasteiger partial charge in [0.05, 0.1) is 5.56 Å². The molecule has 2 heterocycles. The fourth-order valence-corrected chi connectivity index (χ4v) is 0.789. The second-order valence-corrected chi connectivity index (χ2v) is 2.47. The van der Waals surface area contributed by atoms with Crippen LogP contribution in [-0.2, 0) is 17.1 Å². The van der Waals surface area contributed by atoms with Crippen LogP contribution >= 0.6 is 0 Å². The zero-order valence-corrected chi connectivity index (χ0v) is 8.72. The Morgan fingerprint density at radius 3 is 2.33 bits per heavy atom. The van der Waals surface area contributed by atoms with Gasteiger partial charge in [0.2, 0.25) is 0 Å². The van der Waals surface area contributed by atoms with Crippen LogP contribution in [0.15, 0.2) is 36.8 Å². The Hall–Kier alpha value is -1.36. The standard InChI is InChI=1S/C6H5NO2.C3H6N2.Cu/c8-6(9)5-1-3-7-4-2-5;1-2-4-5-3-1;/h1-4H,(H,8,9);1-2,4-5H,3H2;. The van der Waals surface area contributed by atoms with Crippen LogP contribution in [0.1, 0.15) is 10.4 Å². The number of carboxylic acid groups (broad SMARTS) is 1. The topological polar surface area (TPSA) is 74.2 Å². The number of carboxylic acids is 1. The molecule has 6 heteroatoms. The van der Waals surface area contributed by atoms with Crippen molar-refractivity contribution in [1.29, 1.82) is 0 Å². The summed E-state index contributed by atoms with van der Waals surface area (Å²) in [6, 6.07) is 2.89. The van der Waals surface area contributed by atoms with Crippen molar-refractivity contribution in [3.63, 3.8) is 0 Å². The fourth-order valence-electron chi connectivity index (χ4n) is 0.789. The number of hydrogen-bond donors (Lipinski definition) is 3. The van der Waals surface area contributed by atoms with E-state index < -0.39 is 5.97 Å². The van der Waals surface area contributed by atoms with Crippen LogP contribution in [0.4, 0.5) is 0 Å². The predicted molar refractivity (Wildman–Crippen MR) is 51.5 cm³/mol. The Bertz CT molecular complexity index is 310. The third kappa shape index (κ3) is 5.85. The molecule has 3 N–H and O–H groups in total. The summed E-state index contributed by atoms with van der Waals surface area (Å²) >= 11 is 0. The van der Waals surface area contributed by atoms with E-state index in [1.54, 1.807) is 0 Å². The molecule has 0 unspecified atom stereocenters. The van der Waals surface area contributed by atoms with Crippen LogP contribution in [0.5, 0.6) is 0 Å². The molecule has 5 nitrogen and oxygen atoms in total. The second-order valence-electron chi connectivity index (χ2n) is 2.47. The van der Waals surface area contributed by atoms with E-state index in [0.29, 0.717) is 0 Å². The summed E-state index contributed by atoms with van der Waals surface area (Å²) in [4.78, 5) is 13.8. The molecule has 1 aromatic rings. The molecular formula is C9H11CuN3O2. The van der Waals surface area contributed by atoms with Crippen molar-refractivity contribution in [3.8, 4) is 0 Å². The monoisotopic (exact) mass is 256 g/mol. The first-order valence-electron chi connectivity index (χ1n) is 4.07. The van der Waals surface area contributed by atoms with Crippen LogP contribution in [-0.4, -0.2) is 22.6 Å². The summed E-state index contributed by atoms with van der Waals surface area (Å²) in [6.07, 6.45) is 6.78. The van der Waals surface area contributed by atoms with Crippen molar-refractivity contribution in [2.75, 3.05) is 6.54 Å². The molecule has 0 saturated carbocycles. The molecule has 0 saturated heterocycles. The van der Waals surface area contributed by atoms with Gasteiger partial charge in [0, 0.05) is 42.2 Å². The minimum absolute atomic E-state index is 0. The molecule has 0 fully saturated rings. The van der Waals surface area contributed by atoms with Crippen molar-refractivity contribution in [2.24, 2.45) is 0 Å². The third-order valence-corrected chi connectivity index (χ3v) is 1.45. The molecule has 0 aromatic carbocycles. The van der Waals surface area contributed by atoms with Crippen molar-refractivity contribution in [3.05, 3.63) is 42.4 Å². The Balaban J connectivity index is 0.000000280. The second kappa shape index (κ2) is 7.99. The third-order valence-electron chi connectivity index (χ3n) is 1.45. The van der Waals surface area contributed by atoms with Crippen LogP contribution in [0, 0.1) is 0 Å². The quantitative estimate of drug-likeness (QED) is 0.634. The smallest absolute Gasteiger partial charge is 0.335 e. The molecular weight excluding hydrogens is 246 g/mol. The van der Waals surface area contributed by atoms with Crippen molar-refractivity contribution < 1.29 is 27.0 Å². The fraction of sp³-hybridized carbons (Fsp3) is 0.111. The van der Waals surface area contributed by atoms with Crippen molar-refractivity contribution in [1.82, 2.24) is 15.8 Å². The number of hydrazine groups is 1. The molecule has 1 aliphatic heterocycles. The number of aromatic carboxylic acids is 1. The van der Waals surface area contributed by atoms with E-state index in [1.165, 1.54) is 24.5 Å². The SMILES string of the molecule is C1=CNNC1.O=C(O)c1ccncc1.[Cu]. The van der Waals surface area contributed by atoms with Gasteiger partial charge in [0.15, 0.2) is 0 Å². The first kappa shape index (κ1) is 13.6. The van der Waals surface area contributed by atoms with E-state index in [2.05, 4.69) is 15.8 Å². The van der Waals surface area contributed by atoms with Gasteiger partial charge in [-0.2, -0.15) is 0 Å². The maximum atomic E-state index is 10.2. The van der Waals surface area contributed by atoms with Gasteiger partial charge in [0.1, 0.15) is 0 Å². The summed E-state index contributed by atoms with van der Waals surface area (Å²) in [5.41, 5.74) is 5.92. The van der Waals surface area contributed by atoms with Crippen molar-refractivity contribution in [2.45, 2.75) is 0 Å². The summed E-state index contributed by atoms with van der Waals surface area (Å²) in [5, 5.41) is 8.36. The van der Waals surface area contributed by atoms with E-state index >= 15 is 0 Å². The van der Waals surface area contributed by atoms with Crippen LogP contribution < -0.4 is 10.9 Å². The van der Waals surface area contributed by atoms with Gasteiger partial charge in [-0.25, -0.2) is 10.2 Å². The van der Waals surface area contributed by atoms with E-state index in [0.717, 1.165) is 6.54 Å². The molecule has 1 radical (unpaired) electrons. The van der Waals surface area contributed by atoms with E-state index in [4.69, 9.17) is 5.11 Å². The molecule has 15 heavy (non-hydrogen) atoms. The molecule has 0 spiro atoms. The van der Waals surface area contributed by atoms with Crippen LogP contribution in [0.2, 0.25) is 0 Å². The molecule has 85 valence electrons. The van der Waals surface area contributed by atoms with E-state index in [1.807, 2.05) is 12.3 Å². The summed E-state index contributed by atoms with van der Waals surface area (Å²) < 4.78 is 0. The van der Waals surface area contributed by atoms with Crippen LogP contribution in [0.25, 0.3) is 0 Å².